The second kappa shape index (κ2) is 29.2. The summed E-state index contributed by atoms with van der Waals surface area (Å²) >= 11 is 6.02. The number of nitrogens with two attached hydrogens (primary N) is 1. The van der Waals surface area contributed by atoms with Crippen molar-refractivity contribution in [3.63, 3.8) is 0 Å². The van der Waals surface area contributed by atoms with E-state index in [-0.39, 0.29) is 99.3 Å². The van der Waals surface area contributed by atoms with Gasteiger partial charge in [0.1, 0.15) is 104 Å². The summed E-state index contributed by atoms with van der Waals surface area (Å²) in [5.41, 5.74) is 5.03. The summed E-state index contributed by atoms with van der Waals surface area (Å²) in [6.07, 6.45) is 7.39. The molecule has 0 saturated heterocycles. The molecule has 31 nitrogen and oxygen atoms in total. The number of hydrogen-bond acceptors (Lipinski definition) is 23. The summed E-state index contributed by atoms with van der Waals surface area (Å²) in [6, 6.07) is 12.5. The fourth-order valence-corrected chi connectivity index (χ4v) is 9.20. The van der Waals surface area contributed by atoms with E-state index < -0.39 is 98.7 Å². The van der Waals surface area contributed by atoms with Gasteiger partial charge >= 0.3 is 12.2 Å². The number of anilines is 8. The first-order valence-corrected chi connectivity index (χ1v) is 31.6. The molecule has 100 heavy (non-hydrogen) atoms. The third-order valence-corrected chi connectivity index (χ3v) is 14.8. The number of fused-ring (bicyclic) bond motifs is 3. The van der Waals surface area contributed by atoms with E-state index in [0.717, 1.165) is 47.0 Å². The summed E-state index contributed by atoms with van der Waals surface area (Å²) < 4.78 is 140. The molecule has 0 radical (unpaired) electrons. The number of nitrogen functional groups attached to an aromatic ring is 1. The van der Waals surface area contributed by atoms with Crippen LogP contribution in [0.1, 0.15) is 130 Å². The van der Waals surface area contributed by atoms with E-state index in [1.54, 1.807) is 104 Å². The fourth-order valence-electron chi connectivity index (χ4n) is 9.02. The minimum atomic E-state index is -2.99. The Hall–Kier alpha value is -11.1. The Bertz CT molecular complexity index is 4880. The van der Waals surface area contributed by atoms with Crippen molar-refractivity contribution in [1.29, 1.82) is 0 Å². The number of pyridine rings is 3. The van der Waals surface area contributed by atoms with Crippen molar-refractivity contribution < 1.29 is 73.2 Å². The summed E-state index contributed by atoms with van der Waals surface area (Å²) in [4.78, 5) is 89.9. The number of halogens is 4. The molecule has 9 heterocycles. The molecule has 5 amide bonds. The normalized spacial score (nSPS) is 20.3. The van der Waals surface area contributed by atoms with Gasteiger partial charge in [-0.25, -0.2) is 52.7 Å². The van der Waals surface area contributed by atoms with Crippen LogP contribution in [0.3, 0.4) is 0 Å². The maximum Gasteiger partial charge on any atom is 0.415 e. The number of methoxy groups -OCH3 is 1. The highest BCUT2D eigenvalue weighted by atomic mass is 35.5. The SMILES string of the molecule is COc1ncccc1N.[2H]C([2H])([2H])N(C(=O)OC(C)(C)C)c1cc(Cl)nc2c(C(=O)N[C@@H]3C[C@@H]3F)cnn12.[2H]C([2H])([2H])N(C(=O)OC(C)(C)C)c1cc(Nc2cccnc2OC2CC2)nc2c(C(=O)N[C@@H]3C[C@@H]3F)cnn12.[2H]C([2H])([2H])Nc1cc(Nc2cccnc2OC2CC2)nc2c(C(=O)N[C@@H]3C[C@@H]3F)cnn12. The molecule has 0 aromatic carbocycles. The van der Waals surface area contributed by atoms with Crippen LogP contribution in [0.2, 0.25) is 5.15 Å². The predicted octanol–water partition coefficient (Wildman–Crippen LogP) is 9.18. The lowest BCUT2D eigenvalue weighted by Crippen LogP contribution is -2.35. The van der Waals surface area contributed by atoms with Crippen molar-refractivity contribution in [1.82, 2.24) is 74.7 Å². The highest BCUT2D eigenvalue weighted by molar-refractivity contribution is 6.30. The number of amides is 5. The van der Waals surface area contributed by atoms with Crippen LogP contribution in [0.15, 0.2) is 91.8 Å². The van der Waals surface area contributed by atoms with Crippen molar-refractivity contribution in [2.24, 2.45) is 0 Å². The average Bonchev–Trinajstić information content (AvgIpc) is 1.74. The molecule has 0 bridgehead atoms. The number of nitrogens with one attached hydrogen (secondary N) is 6. The van der Waals surface area contributed by atoms with Gasteiger partial charge < -0.3 is 61.3 Å². The Labute approximate surface area is 588 Å². The van der Waals surface area contributed by atoms with Crippen molar-refractivity contribution in [3.8, 4) is 17.6 Å². The van der Waals surface area contributed by atoms with E-state index in [4.69, 9.17) is 53.4 Å². The lowest BCUT2D eigenvalue weighted by molar-refractivity contribution is 0.0577. The summed E-state index contributed by atoms with van der Waals surface area (Å²) in [6.45, 7) is 1.13. The number of ether oxygens (including phenoxy) is 5. The summed E-state index contributed by atoms with van der Waals surface area (Å²) in [5.74, 6) is -0.677. The Kier molecular flexibility index (Phi) is 17.2. The van der Waals surface area contributed by atoms with Crippen LogP contribution in [-0.4, -0.2) is 177 Å². The molecule has 5 aliphatic rings. The molecule has 0 unspecified atom stereocenters. The number of nitrogens with zero attached hydrogens (tertiary/aromatic N) is 14. The van der Waals surface area contributed by atoms with Crippen LogP contribution in [0, 0.1) is 0 Å². The van der Waals surface area contributed by atoms with E-state index in [1.165, 1.54) is 29.0 Å². The zero-order valence-electron chi connectivity index (χ0n) is 63.7. The maximum absolute atomic E-state index is 13.5. The quantitative estimate of drug-likeness (QED) is 0.0393. The number of carbonyl (C=O) groups excluding carboxylic acids is 5. The molecule has 5 aliphatic carbocycles. The van der Waals surface area contributed by atoms with Crippen LogP contribution in [0.4, 0.5) is 68.9 Å². The molecule has 528 valence electrons. The first kappa shape index (κ1) is 59.0. The van der Waals surface area contributed by atoms with E-state index in [2.05, 4.69) is 77.1 Å². The molecule has 5 fully saturated rings. The van der Waals surface area contributed by atoms with E-state index in [0.29, 0.717) is 44.5 Å². The van der Waals surface area contributed by atoms with Crippen molar-refractivity contribution >= 4 is 105 Å². The number of alkyl halides is 3. The number of carbonyl (C=O) groups is 5. The topological polar surface area (TPSA) is 365 Å². The third kappa shape index (κ3) is 17.6. The van der Waals surface area contributed by atoms with Crippen LogP contribution >= 0.6 is 11.6 Å². The number of aromatic nitrogens is 12. The minimum absolute atomic E-state index is 0.0330. The second-order valence-corrected chi connectivity index (χ2v) is 25.7. The van der Waals surface area contributed by atoms with Crippen molar-refractivity contribution in [3.05, 3.63) is 114 Å². The number of rotatable bonds is 18. The van der Waals surface area contributed by atoms with E-state index in [1.807, 2.05) is 0 Å². The molecule has 0 aliphatic heterocycles. The van der Waals surface area contributed by atoms with Crippen molar-refractivity contribution in [2.75, 3.05) is 59.5 Å². The molecule has 9 aromatic heterocycles. The van der Waals surface area contributed by atoms with Crippen LogP contribution in [0.5, 0.6) is 17.6 Å². The van der Waals surface area contributed by atoms with Crippen LogP contribution in [-0.2, 0) is 9.47 Å². The van der Waals surface area contributed by atoms with Gasteiger partial charge in [0.15, 0.2) is 16.9 Å². The van der Waals surface area contributed by atoms with Gasteiger partial charge in [-0.05, 0) is 104 Å². The largest absolute Gasteiger partial charge is 0.480 e. The molecule has 0 spiro atoms. The molecular weight excluding hydrogens is 1330 g/mol. The summed E-state index contributed by atoms with van der Waals surface area (Å²) in [5, 5.41) is 28.2. The first-order valence-electron chi connectivity index (χ1n) is 35.7. The standard InChI is InChI=1S/C24H28FN7O4.C19H20FN7O2.C16H19ClFN5O3.C6H8N2O/c1-24(2,3)36-23(34)31(4)19-11-18(28-16-6-5-9-26-22(16)35-13-7-8-13)30-20-14(12-27-32(19)20)21(33)29-17-10-15(17)25;1-21-16-8-15(24-13-3-2-6-22-19(13)29-10-4-5-10)26-17-11(9-23-27(16)17)18(28)25-14-7-12(14)20;1-16(2,3)26-15(25)22(4)12-6-11(17)21-13-8(7-19-23(12)13)14(24)20-10-5-9(10)18;1-9-6-5(7)3-2-4-8-6/h5-6,9,11-13,15,17H,7-8,10H2,1-4H3,(H,28,30)(H,29,33);2-3,6,8-10,12,14,21H,4-5,7H2,1H3,(H,24,26)(H,25,28);6-7,9-10H,5H2,1-4H3,(H,20,24);2-4H,7H2,1H3/t15-,17+;12-,14+;9-,10+;/m000./s1/i4D3;1D3;4D3;. The average molecular weight is 1410 g/mol. The van der Waals surface area contributed by atoms with Gasteiger partial charge in [0.25, 0.3) is 17.7 Å². The first-order chi connectivity index (χ1) is 51.2. The molecule has 5 saturated carbocycles. The maximum atomic E-state index is 13.5. The zero-order valence-corrected chi connectivity index (χ0v) is 55.4. The molecule has 6 atom stereocenters. The van der Waals surface area contributed by atoms with E-state index >= 15 is 0 Å². The number of hydrogen-bond donors (Lipinski definition) is 7. The van der Waals surface area contributed by atoms with Crippen LogP contribution < -0.4 is 61.6 Å². The Morgan fingerprint density at radius 1 is 0.590 bits per heavy atom. The molecule has 9 aromatic rings. The van der Waals surface area contributed by atoms with Gasteiger partial charge in [0.05, 0.1) is 49.5 Å². The van der Waals surface area contributed by atoms with Crippen molar-refractivity contribution in [2.45, 2.75) is 147 Å². The zero-order chi connectivity index (χ0) is 79.0. The summed E-state index contributed by atoms with van der Waals surface area (Å²) in [7, 11) is 1.54. The highest BCUT2D eigenvalue weighted by Crippen LogP contribution is 2.36. The van der Waals surface area contributed by atoms with Gasteiger partial charge in [-0.3, -0.25) is 24.2 Å². The minimum Gasteiger partial charge on any atom is -0.480 e. The van der Waals surface area contributed by atoms with Gasteiger partial charge in [-0.2, -0.15) is 28.8 Å². The smallest absolute Gasteiger partial charge is 0.415 e. The Balaban J connectivity index is 0.000000155. The fraction of sp³-hybridized carbons (Fsp3) is 0.415. The molecule has 8 N–H and O–H groups in total. The third-order valence-electron chi connectivity index (χ3n) is 14.6. The molecular formula is C65H75ClF3N21O10. The lowest BCUT2D eigenvalue weighted by Gasteiger charge is -2.25. The highest BCUT2D eigenvalue weighted by Gasteiger charge is 2.42. The van der Waals surface area contributed by atoms with Gasteiger partial charge in [0, 0.05) is 89.3 Å². The Morgan fingerprint density at radius 3 is 1.38 bits per heavy atom. The Morgan fingerprint density at radius 2 is 0.990 bits per heavy atom. The monoisotopic (exact) mass is 1410 g/mol. The molecule has 35 heteroatoms. The van der Waals surface area contributed by atoms with Gasteiger partial charge in [-0.1, -0.05) is 11.6 Å². The van der Waals surface area contributed by atoms with Gasteiger partial charge in [0.2, 0.25) is 17.6 Å². The van der Waals surface area contributed by atoms with Crippen LogP contribution in [0.25, 0.3) is 16.9 Å². The predicted molar refractivity (Wildman–Crippen MR) is 363 cm³/mol. The lowest BCUT2D eigenvalue weighted by atomic mass is 10.2. The van der Waals surface area contributed by atoms with Gasteiger partial charge in [-0.15, -0.1) is 0 Å². The molecule has 14 rings (SSSR count). The van der Waals surface area contributed by atoms with E-state index in [9.17, 15) is 37.1 Å². The second-order valence-electron chi connectivity index (χ2n) is 25.3.